The summed E-state index contributed by atoms with van der Waals surface area (Å²) in [5, 5.41) is 12.5. The number of nitrogens with two attached hydrogens (primary N) is 1. The molecule has 4 saturated carbocycles. The summed E-state index contributed by atoms with van der Waals surface area (Å²) < 4.78 is 0. The average Bonchev–Trinajstić information content (AvgIpc) is 2.36. The lowest BCUT2D eigenvalue weighted by atomic mass is 9.53. The Kier molecular flexibility index (Phi) is 3.72. The van der Waals surface area contributed by atoms with Gasteiger partial charge in [-0.3, -0.25) is 0 Å². The van der Waals surface area contributed by atoms with E-state index in [1.807, 2.05) is 18.2 Å². The molecule has 0 amide bonds. The maximum atomic E-state index is 9.90. The molecule has 0 unspecified atom stereocenters. The molecule has 4 aliphatic rings. The molecular formula is C17H24ClNO. The monoisotopic (exact) mass is 293 g/mol. The van der Waals surface area contributed by atoms with Crippen molar-refractivity contribution in [1.82, 2.24) is 0 Å². The summed E-state index contributed by atoms with van der Waals surface area (Å²) in [6.45, 7) is 0.943. The normalized spacial score (nSPS) is 37.7. The van der Waals surface area contributed by atoms with Gasteiger partial charge in [0, 0.05) is 24.8 Å². The van der Waals surface area contributed by atoms with Crippen LogP contribution < -0.4 is 17.7 Å². The third-order valence-electron chi connectivity index (χ3n) is 5.83. The molecule has 0 atom stereocenters. The van der Waals surface area contributed by atoms with E-state index in [0.717, 1.165) is 29.9 Å². The minimum Gasteiger partial charge on any atom is -1.00 e. The smallest absolute Gasteiger partial charge is 0.124 e. The molecule has 4 fully saturated rings. The van der Waals surface area contributed by atoms with E-state index < -0.39 is 0 Å². The quantitative estimate of drug-likeness (QED) is 0.769. The van der Waals surface area contributed by atoms with Crippen molar-refractivity contribution in [2.45, 2.75) is 50.6 Å². The van der Waals surface area contributed by atoms with Crippen molar-refractivity contribution in [2.75, 3.05) is 0 Å². The van der Waals surface area contributed by atoms with Crippen molar-refractivity contribution in [2.24, 2.45) is 17.8 Å². The van der Waals surface area contributed by atoms with Crippen LogP contribution in [0.1, 0.15) is 44.1 Å². The summed E-state index contributed by atoms with van der Waals surface area (Å²) in [5.74, 6) is 3.48. The van der Waals surface area contributed by atoms with E-state index in [1.54, 1.807) is 0 Å². The van der Waals surface area contributed by atoms with E-state index in [1.165, 1.54) is 38.5 Å². The highest BCUT2D eigenvalue weighted by Gasteiger charge is 2.53. The van der Waals surface area contributed by atoms with Crippen molar-refractivity contribution in [1.29, 1.82) is 0 Å². The van der Waals surface area contributed by atoms with E-state index in [2.05, 4.69) is 11.4 Å². The van der Waals surface area contributed by atoms with E-state index in [-0.39, 0.29) is 12.4 Å². The third kappa shape index (κ3) is 2.44. The number of quaternary nitrogens is 1. The van der Waals surface area contributed by atoms with Gasteiger partial charge in [0.05, 0.1) is 5.54 Å². The van der Waals surface area contributed by atoms with Gasteiger partial charge in [0.25, 0.3) is 0 Å². The Balaban J connectivity index is 0.00000121. The Morgan fingerprint density at radius 3 is 2.10 bits per heavy atom. The standard InChI is InChI=1S/C17H23NO.ClH/c19-16-4-2-1-3-15(16)11-18-17-8-12-5-13(9-17)7-14(6-12)10-17;/h1-4,12-14,18-19H,5-11H2;1H. The first-order valence-corrected chi connectivity index (χ1v) is 7.84. The van der Waals surface area contributed by atoms with Crippen molar-refractivity contribution >= 4 is 0 Å². The predicted octanol–water partition coefficient (Wildman–Crippen LogP) is -0.572. The number of hydrogen-bond acceptors (Lipinski definition) is 1. The Morgan fingerprint density at radius 2 is 1.55 bits per heavy atom. The van der Waals surface area contributed by atoms with Crippen LogP contribution in [0.4, 0.5) is 0 Å². The van der Waals surface area contributed by atoms with Crippen LogP contribution in [0.25, 0.3) is 0 Å². The molecule has 3 N–H and O–H groups in total. The maximum absolute atomic E-state index is 9.90. The molecule has 0 aromatic heterocycles. The number of halogens is 1. The highest BCUT2D eigenvalue weighted by atomic mass is 35.5. The summed E-state index contributed by atoms with van der Waals surface area (Å²) in [7, 11) is 0. The fraction of sp³-hybridized carbons (Fsp3) is 0.647. The summed E-state index contributed by atoms with van der Waals surface area (Å²) in [6, 6.07) is 7.81. The number of phenols is 1. The Bertz CT molecular complexity index is 452. The third-order valence-corrected chi connectivity index (χ3v) is 5.83. The minimum absolute atomic E-state index is 0. The summed E-state index contributed by atoms with van der Waals surface area (Å²) in [4.78, 5) is 0. The van der Waals surface area contributed by atoms with Gasteiger partial charge in [0.2, 0.25) is 0 Å². The second-order valence-corrected chi connectivity index (χ2v) is 7.32. The van der Waals surface area contributed by atoms with Gasteiger partial charge >= 0.3 is 0 Å². The molecule has 4 bridgehead atoms. The summed E-state index contributed by atoms with van der Waals surface area (Å²) in [6.07, 6.45) is 8.78. The minimum atomic E-state index is 0. The largest absolute Gasteiger partial charge is 1.00 e. The van der Waals surface area contributed by atoms with Crippen LogP contribution in [-0.4, -0.2) is 10.6 Å². The van der Waals surface area contributed by atoms with Crippen LogP contribution in [0.15, 0.2) is 24.3 Å². The average molecular weight is 294 g/mol. The van der Waals surface area contributed by atoms with Gasteiger partial charge in [-0.25, -0.2) is 0 Å². The highest BCUT2D eigenvalue weighted by molar-refractivity contribution is 5.30. The van der Waals surface area contributed by atoms with Crippen molar-refractivity contribution in [3.05, 3.63) is 29.8 Å². The second-order valence-electron chi connectivity index (χ2n) is 7.32. The SMILES string of the molecule is Oc1ccccc1C[NH2+]C12CC3CC(CC(C3)C1)C2.[Cl-]. The first-order chi connectivity index (χ1) is 9.22. The Labute approximate surface area is 127 Å². The lowest BCUT2D eigenvalue weighted by Gasteiger charge is -2.54. The molecule has 20 heavy (non-hydrogen) atoms. The fourth-order valence-corrected chi connectivity index (χ4v) is 5.44. The van der Waals surface area contributed by atoms with Crippen molar-refractivity contribution in [3.63, 3.8) is 0 Å². The second kappa shape index (κ2) is 5.23. The Morgan fingerprint density at radius 1 is 1.00 bits per heavy atom. The van der Waals surface area contributed by atoms with Crippen LogP contribution >= 0.6 is 0 Å². The fourth-order valence-electron chi connectivity index (χ4n) is 5.44. The van der Waals surface area contributed by atoms with Gasteiger partial charge < -0.3 is 22.8 Å². The number of para-hydroxylation sites is 1. The molecule has 2 nitrogen and oxygen atoms in total. The number of hydrogen-bond donors (Lipinski definition) is 2. The molecule has 0 saturated heterocycles. The van der Waals surface area contributed by atoms with E-state index >= 15 is 0 Å². The Hall–Kier alpha value is -0.730. The van der Waals surface area contributed by atoms with Crippen LogP contribution in [0.3, 0.4) is 0 Å². The van der Waals surface area contributed by atoms with E-state index in [0.29, 0.717) is 11.3 Å². The van der Waals surface area contributed by atoms with Gasteiger partial charge in [-0.2, -0.15) is 0 Å². The zero-order valence-electron chi connectivity index (χ0n) is 11.9. The van der Waals surface area contributed by atoms with Crippen LogP contribution in [0.2, 0.25) is 0 Å². The lowest BCUT2D eigenvalue weighted by Crippen LogP contribution is -3.00. The van der Waals surface area contributed by atoms with Crippen molar-refractivity contribution < 1.29 is 22.8 Å². The van der Waals surface area contributed by atoms with Gasteiger partial charge in [-0.05, 0) is 49.1 Å². The molecule has 3 heteroatoms. The van der Waals surface area contributed by atoms with E-state index in [4.69, 9.17) is 0 Å². The molecule has 4 aliphatic carbocycles. The van der Waals surface area contributed by atoms with Gasteiger partial charge in [-0.15, -0.1) is 0 Å². The van der Waals surface area contributed by atoms with Gasteiger partial charge in [0.15, 0.2) is 0 Å². The molecule has 0 radical (unpaired) electrons. The molecule has 110 valence electrons. The van der Waals surface area contributed by atoms with Gasteiger partial charge in [-0.1, -0.05) is 12.1 Å². The molecular weight excluding hydrogens is 270 g/mol. The zero-order chi connectivity index (χ0) is 12.9. The predicted molar refractivity (Wildman–Crippen MR) is 74.6 cm³/mol. The molecule has 5 rings (SSSR count). The number of rotatable bonds is 3. The van der Waals surface area contributed by atoms with Crippen LogP contribution in [-0.2, 0) is 6.54 Å². The maximum Gasteiger partial charge on any atom is 0.124 e. The summed E-state index contributed by atoms with van der Waals surface area (Å²) in [5.41, 5.74) is 1.61. The first-order valence-electron chi connectivity index (χ1n) is 7.84. The summed E-state index contributed by atoms with van der Waals surface area (Å²) >= 11 is 0. The molecule has 0 heterocycles. The molecule has 1 aromatic carbocycles. The van der Waals surface area contributed by atoms with E-state index in [9.17, 15) is 5.11 Å². The number of benzene rings is 1. The zero-order valence-corrected chi connectivity index (χ0v) is 12.6. The van der Waals surface area contributed by atoms with Crippen molar-refractivity contribution in [3.8, 4) is 5.75 Å². The molecule has 0 aliphatic heterocycles. The topological polar surface area (TPSA) is 36.8 Å². The molecule has 1 aromatic rings. The van der Waals surface area contributed by atoms with Crippen LogP contribution in [0, 0.1) is 17.8 Å². The van der Waals surface area contributed by atoms with Crippen LogP contribution in [0.5, 0.6) is 5.75 Å². The number of phenolic OH excluding ortho intramolecular Hbond substituents is 1. The number of aromatic hydroxyl groups is 1. The first kappa shape index (κ1) is 14.2. The van der Waals surface area contributed by atoms with Gasteiger partial charge in [0.1, 0.15) is 12.3 Å². The molecule has 0 spiro atoms. The highest BCUT2D eigenvalue weighted by Crippen LogP contribution is 2.54. The lowest BCUT2D eigenvalue weighted by molar-refractivity contribution is -0.752.